The Labute approximate surface area is 213 Å². The van der Waals surface area contributed by atoms with Crippen LogP contribution in [0.1, 0.15) is 96.1 Å². The number of Topliss-reactive ketones (excluding diaryl/α,β-unsaturated/α-hetero) is 1. The minimum atomic E-state index is -0.732. The Bertz CT molecular complexity index is 849. The molecule has 1 aromatic rings. The molecule has 1 aliphatic rings. The number of nitrogens with zero attached hydrogens (tertiary/aromatic N) is 2. The van der Waals surface area contributed by atoms with Crippen LogP contribution in [0, 0.1) is 29.6 Å². The quantitative estimate of drug-likeness (QED) is 0.131. The fraction of sp³-hybridized carbons (Fsp3) is 0.731. The fourth-order valence-corrected chi connectivity index (χ4v) is 5.01. The van der Waals surface area contributed by atoms with Crippen molar-refractivity contribution < 1.29 is 24.4 Å². The molecule has 2 atom stereocenters. The van der Waals surface area contributed by atoms with Gasteiger partial charge in [0, 0.05) is 18.9 Å². The van der Waals surface area contributed by atoms with Crippen LogP contribution in [0.5, 0.6) is 0 Å². The second-order valence-electron chi connectivity index (χ2n) is 10.8. The number of hydrogen-bond acceptors (Lipinski definition) is 6. The van der Waals surface area contributed by atoms with Gasteiger partial charge in [0.1, 0.15) is 0 Å². The highest BCUT2D eigenvalue weighted by Gasteiger charge is 2.35. The molecule has 10 heteroatoms. The number of carbonyl (C=O) groups is 4. The van der Waals surface area contributed by atoms with Gasteiger partial charge >= 0.3 is 0 Å². The molecule has 0 aromatic carbocycles. The third-order valence-electron chi connectivity index (χ3n) is 6.77. The topological polar surface area (TPSA) is 144 Å². The Balaban J connectivity index is 2.14. The Hall–Kier alpha value is -2.75. The van der Waals surface area contributed by atoms with Crippen LogP contribution in [0.15, 0.2) is 12.4 Å². The van der Waals surface area contributed by atoms with Crippen LogP contribution in [-0.4, -0.2) is 50.2 Å². The summed E-state index contributed by atoms with van der Waals surface area (Å²) >= 11 is 0. The van der Waals surface area contributed by atoms with Gasteiger partial charge in [-0.2, -0.15) is 0 Å². The van der Waals surface area contributed by atoms with Gasteiger partial charge in [-0.3, -0.25) is 34.8 Å². The molecule has 0 aliphatic heterocycles. The highest BCUT2D eigenvalue weighted by atomic mass is 16.5. The molecule has 1 saturated carbocycles. The van der Waals surface area contributed by atoms with E-state index in [4.69, 9.17) is 0 Å². The number of aromatic amines is 1. The van der Waals surface area contributed by atoms with Crippen molar-refractivity contribution in [2.24, 2.45) is 29.6 Å². The maximum atomic E-state index is 13.5. The molecule has 1 aliphatic carbocycles. The summed E-state index contributed by atoms with van der Waals surface area (Å²) in [6.07, 6.45) is 10.1. The lowest BCUT2D eigenvalue weighted by molar-refractivity contribution is -0.147. The van der Waals surface area contributed by atoms with Crippen molar-refractivity contribution in [3.8, 4) is 0 Å². The summed E-state index contributed by atoms with van der Waals surface area (Å²) in [6, 6.07) is 0. The molecular weight excluding hydrogens is 462 g/mol. The number of carbonyl (C=O) groups excluding carboxylic acids is 4. The maximum Gasteiger partial charge on any atom is 0.248 e. The van der Waals surface area contributed by atoms with Gasteiger partial charge < -0.3 is 4.98 Å². The highest BCUT2D eigenvalue weighted by Crippen LogP contribution is 2.32. The van der Waals surface area contributed by atoms with Crippen LogP contribution in [0.4, 0.5) is 0 Å². The van der Waals surface area contributed by atoms with Crippen LogP contribution in [0.2, 0.25) is 0 Å². The van der Waals surface area contributed by atoms with Crippen molar-refractivity contribution in [2.45, 2.75) is 85.5 Å². The predicted molar refractivity (Wildman–Crippen MR) is 134 cm³/mol. The lowest BCUT2D eigenvalue weighted by Gasteiger charge is -2.31. The number of H-pyrrole nitrogens is 1. The van der Waals surface area contributed by atoms with E-state index >= 15 is 0 Å². The van der Waals surface area contributed by atoms with Crippen LogP contribution in [0.3, 0.4) is 0 Å². The van der Waals surface area contributed by atoms with Crippen molar-refractivity contribution in [3.05, 3.63) is 18.2 Å². The second-order valence-corrected chi connectivity index (χ2v) is 10.8. The number of hydrazine groups is 1. The number of aromatic nitrogens is 2. The van der Waals surface area contributed by atoms with Gasteiger partial charge in [-0.15, -0.1) is 0 Å². The number of hydrogen-bond donors (Lipinski definition) is 4. The average molecular weight is 506 g/mol. The molecular formula is C26H43N5O5. The first kappa shape index (κ1) is 29.5. The molecule has 0 radical (unpaired) electrons. The summed E-state index contributed by atoms with van der Waals surface area (Å²) in [5, 5.41) is 10.6. The van der Waals surface area contributed by atoms with Crippen molar-refractivity contribution in [3.63, 3.8) is 0 Å². The molecule has 4 N–H and O–H groups in total. The van der Waals surface area contributed by atoms with Crippen LogP contribution < -0.4 is 10.9 Å². The van der Waals surface area contributed by atoms with Gasteiger partial charge in [0.15, 0.2) is 5.82 Å². The van der Waals surface area contributed by atoms with Crippen molar-refractivity contribution in [1.82, 2.24) is 25.9 Å². The minimum absolute atomic E-state index is 0.0273. The van der Waals surface area contributed by atoms with E-state index in [0.717, 1.165) is 12.8 Å². The smallest absolute Gasteiger partial charge is 0.248 e. The van der Waals surface area contributed by atoms with Gasteiger partial charge in [0.25, 0.3) is 0 Å². The van der Waals surface area contributed by atoms with Gasteiger partial charge in [0.2, 0.25) is 23.5 Å². The first-order valence-corrected chi connectivity index (χ1v) is 13.2. The molecule has 36 heavy (non-hydrogen) atoms. The maximum absolute atomic E-state index is 13.5. The van der Waals surface area contributed by atoms with E-state index in [-0.39, 0.29) is 24.2 Å². The highest BCUT2D eigenvalue weighted by molar-refractivity contribution is 6.05. The number of amides is 3. The number of rotatable bonds is 14. The zero-order valence-corrected chi connectivity index (χ0v) is 22.1. The third-order valence-corrected chi connectivity index (χ3v) is 6.77. The van der Waals surface area contributed by atoms with E-state index in [0.29, 0.717) is 18.8 Å². The Morgan fingerprint density at radius 3 is 2.33 bits per heavy atom. The minimum Gasteiger partial charge on any atom is -0.342 e. The molecule has 1 aromatic heterocycles. The Morgan fingerprint density at radius 1 is 1.08 bits per heavy atom. The molecule has 0 spiro atoms. The molecule has 10 nitrogen and oxygen atoms in total. The standard InChI is InChI=1S/C26H43N5O5/c1-17(2)14-21(20(26(35)30-36)11-7-10-19-8-5-6-9-19)25(34)29-31(16-18(3)4)23(33)15-22(32)24-27-12-13-28-24/h12-13,17-21,36H,5-11,14-16H2,1-4H3,(H,27,28)(H,29,34)(H,30,35)/t20-,21+/m0/s1. The van der Waals surface area contributed by atoms with E-state index < -0.39 is 41.8 Å². The Morgan fingerprint density at radius 2 is 1.78 bits per heavy atom. The SMILES string of the molecule is CC(C)C[C@@H](C(=O)NN(CC(C)C)C(=O)CC(=O)c1ncc[nH]1)[C@H](CCCC1CCCC1)C(=O)NO. The zero-order valence-electron chi connectivity index (χ0n) is 22.1. The first-order valence-electron chi connectivity index (χ1n) is 13.2. The average Bonchev–Trinajstić information content (AvgIpc) is 3.53. The summed E-state index contributed by atoms with van der Waals surface area (Å²) in [5.74, 6) is -2.65. The number of imidazole rings is 1. The predicted octanol–water partition coefficient (Wildman–Crippen LogP) is 3.64. The number of hydroxylamine groups is 1. The largest absolute Gasteiger partial charge is 0.342 e. The van der Waals surface area contributed by atoms with Crippen LogP contribution in [-0.2, 0) is 14.4 Å². The van der Waals surface area contributed by atoms with Crippen molar-refractivity contribution in [1.29, 1.82) is 0 Å². The third kappa shape index (κ3) is 9.37. The molecule has 1 heterocycles. The van der Waals surface area contributed by atoms with E-state index in [2.05, 4.69) is 15.4 Å². The van der Waals surface area contributed by atoms with Gasteiger partial charge in [-0.1, -0.05) is 66.2 Å². The second kappa shape index (κ2) is 14.7. The molecule has 3 amide bonds. The molecule has 1 fully saturated rings. The lowest BCUT2D eigenvalue weighted by atomic mass is 9.80. The first-order chi connectivity index (χ1) is 17.1. The van der Waals surface area contributed by atoms with Gasteiger partial charge in [-0.05, 0) is 30.6 Å². The van der Waals surface area contributed by atoms with Crippen molar-refractivity contribution >= 4 is 23.5 Å². The molecule has 0 unspecified atom stereocenters. The molecule has 0 bridgehead atoms. The zero-order chi connectivity index (χ0) is 26.7. The normalized spacial score (nSPS) is 15.6. The Kier molecular flexibility index (Phi) is 12.1. The van der Waals surface area contributed by atoms with E-state index in [1.165, 1.54) is 43.1 Å². The summed E-state index contributed by atoms with van der Waals surface area (Å²) in [7, 11) is 0. The van der Waals surface area contributed by atoms with E-state index in [9.17, 15) is 24.4 Å². The lowest BCUT2D eigenvalue weighted by Crippen LogP contribution is -2.52. The summed E-state index contributed by atoms with van der Waals surface area (Å²) in [4.78, 5) is 58.1. The number of nitrogens with one attached hydrogen (secondary N) is 3. The van der Waals surface area contributed by atoms with Crippen LogP contribution in [0.25, 0.3) is 0 Å². The van der Waals surface area contributed by atoms with E-state index in [1.807, 2.05) is 27.7 Å². The monoisotopic (exact) mass is 505 g/mol. The summed E-state index contributed by atoms with van der Waals surface area (Å²) in [5.41, 5.74) is 4.44. The number of ketones is 1. The van der Waals surface area contributed by atoms with E-state index in [1.54, 1.807) is 5.48 Å². The van der Waals surface area contributed by atoms with Gasteiger partial charge in [-0.25, -0.2) is 10.5 Å². The van der Waals surface area contributed by atoms with Gasteiger partial charge in [0.05, 0.1) is 18.3 Å². The summed E-state index contributed by atoms with van der Waals surface area (Å²) in [6.45, 7) is 7.94. The fourth-order valence-electron chi connectivity index (χ4n) is 5.01. The molecule has 0 saturated heterocycles. The molecule has 2 rings (SSSR count). The van der Waals surface area contributed by atoms with Crippen LogP contribution >= 0.6 is 0 Å². The summed E-state index contributed by atoms with van der Waals surface area (Å²) < 4.78 is 0. The van der Waals surface area contributed by atoms with Crippen molar-refractivity contribution in [2.75, 3.05) is 6.54 Å². The molecule has 202 valence electrons.